The summed E-state index contributed by atoms with van der Waals surface area (Å²) in [6.07, 6.45) is 7.03. The molecule has 1 aromatic rings. The molecule has 0 bridgehead atoms. The van der Waals surface area contributed by atoms with E-state index in [1.54, 1.807) is 4.68 Å². The van der Waals surface area contributed by atoms with Crippen molar-refractivity contribution in [2.75, 3.05) is 0 Å². The molecule has 0 radical (unpaired) electrons. The van der Waals surface area contributed by atoms with Crippen molar-refractivity contribution in [2.45, 2.75) is 31.7 Å². The molecule has 4 nitrogen and oxygen atoms in total. The van der Waals surface area contributed by atoms with E-state index in [9.17, 15) is 0 Å². The number of hydrogen-bond donors (Lipinski definition) is 1. The molecule has 0 saturated heterocycles. The molecule has 0 spiro atoms. The standard InChI is InChI=1S/C11H18N4/c1-15-6-10(13-14-15)5-11(12)9-3-7-2-8(7)4-9/h6-9,11H,2-5,12H2,1H3. The minimum absolute atomic E-state index is 0.287. The molecule has 15 heavy (non-hydrogen) atoms. The molecular formula is C11H18N4. The van der Waals surface area contributed by atoms with Gasteiger partial charge in [-0.25, -0.2) is 0 Å². The maximum Gasteiger partial charge on any atom is 0.0842 e. The summed E-state index contributed by atoms with van der Waals surface area (Å²) in [6.45, 7) is 0. The first-order chi connectivity index (χ1) is 7.22. The topological polar surface area (TPSA) is 56.7 Å². The van der Waals surface area contributed by atoms with Crippen LogP contribution in [0.15, 0.2) is 6.20 Å². The van der Waals surface area contributed by atoms with E-state index in [-0.39, 0.29) is 6.04 Å². The summed E-state index contributed by atoms with van der Waals surface area (Å²) < 4.78 is 1.74. The number of hydrogen-bond acceptors (Lipinski definition) is 3. The smallest absolute Gasteiger partial charge is 0.0842 e. The summed E-state index contributed by atoms with van der Waals surface area (Å²) >= 11 is 0. The molecule has 1 aromatic heterocycles. The third-order valence-corrected chi connectivity index (χ3v) is 3.98. The van der Waals surface area contributed by atoms with Crippen LogP contribution in [0.25, 0.3) is 0 Å². The molecule has 0 amide bonds. The number of aryl methyl sites for hydroxylation is 1. The first-order valence-electron chi connectivity index (χ1n) is 5.83. The maximum atomic E-state index is 6.23. The summed E-state index contributed by atoms with van der Waals surface area (Å²) in [5.41, 5.74) is 7.26. The van der Waals surface area contributed by atoms with Crippen LogP contribution in [0.5, 0.6) is 0 Å². The van der Waals surface area contributed by atoms with Crippen LogP contribution in [-0.2, 0) is 13.5 Å². The zero-order valence-corrected chi connectivity index (χ0v) is 9.13. The molecular weight excluding hydrogens is 188 g/mol. The van der Waals surface area contributed by atoms with Crippen LogP contribution in [0.2, 0.25) is 0 Å². The molecule has 2 fully saturated rings. The van der Waals surface area contributed by atoms with Crippen LogP contribution >= 0.6 is 0 Å². The van der Waals surface area contributed by atoms with Gasteiger partial charge in [0, 0.05) is 25.7 Å². The van der Waals surface area contributed by atoms with E-state index < -0.39 is 0 Å². The van der Waals surface area contributed by atoms with Gasteiger partial charge in [0.25, 0.3) is 0 Å². The van der Waals surface area contributed by atoms with E-state index in [1.807, 2.05) is 13.2 Å². The summed E-state index contributed by atoms with van der Waals surface area (Å²) in [4.78, 5) is 0. The lowest BCUT2D eigenvalue weighted by molar-refractivity contribution is 0.390. The average molecular weight is 206 g/mol. The molecule has 3 unspecified atom stereocenters. The molecule has 2 saturated carbocycles. The molecule has 2 aliphatic rings. The van der Waals surface area contributed by atoms with E-state index in [0.717, 1.165) is 29.9 Å². The van der Waals surface area contributed by atoms with Crippen molar-refractivity contribution in [3.63, 3.8) is 0 Å². The van der Waals surface area contributed by atoms with Crippen LogP contribution in [0, 0.1) is 17.8 Å². The van der Waals surface area contributed by atoms with Crippen LogP contribution in [0.4, 0.5) is 0 Å². The van der Waals surface area contributed by atoms with Crippen LogP contribution < -0.4 is 5.73 Å². The molecule has 3 atom stereocenters. The van der Waals surface area contributed by atoms with Crippen molar-refractivity contribution in [2.24, 2.45) is 30.5 Å². The van der Waals surface area contributed by atoms with Crippen LogP contribution in [0.1, 0.15) is 25.0 Å². The van der Waals surface area contributed by atoms with Gasteiger partial charge in [-0.2, -0.15) is 0 Å². The quantitative estimate of drug-likeness (QED) is 0.793. The van der Waals surface area contributed by atoms with E-state index in [0.29, 0.717) is 0 Å². The largest absolute Gasteiger partial charge is 0.327 e. The van der Waals surface area contributed by atoms with Crippen molar-refractivity contribution >= 4 is 0 Å². The fraction of sp³-hybridized carbons (Fsp3) is 0.818. The fourth-order valence-electron chi connectivity index (χ4n) is 3.01. The highest BCUT2D eigenvalue weighted by Gasteiger charge is 2.47. The van der Waals surface area contributed by atoms with Crippen molar-refractivity contribution in [1.29, 1.82) is 0 Å². The number of nitrogens with two attached hydrogens (primary N) is 1. The SMILES string of the molecule is Cn1cc(CC(N)C2CC3CC3C2)nn1. The van der Waals surface area contributed by atoms with E-state index in [4.69, 9.17) is 5.73 Å². The van der Waals surface area contributed by atoms with Gasteiger partial charge in [-0.1, -0.05) is 5.21 Å². The Bertz CT molecular complexity index is 349. The Labute approximate surface area is 89.8 Å². The second-order valence-electron chi connectivity index (χ2n) is 5.24. The monoisotopic (exact) mass is 206 g/mol. The molecule has 1 heterocycles. The average Bonchev–Trinajstić information content (AvgIpc) is 2.61. The Hall–Kier alpha value is -0.900. The zero-order valence-electron chi connectivity index (χ0n) is 9.13. The van der Waals surface area contributed by atoms with Crippen LogP contribution in [-0.4, -0.2) is 21.0 Å². The molecule has 82 valence electrons. The number of fused-ring (bicyclic) bond motifs is 1. The van der Waals surface area contributed by atoms with Gasteiger partial charge in [-0.05, 0) is 37.0 Å². The van der Waals surface area contributed by atoms with Crippen molar-refractivity contribution in [3.05, 3.63) is 11.9 Å². The minimum atomic E-state index is 0.287. The van der Waals surface area contributed by atoms with Crippen molar-refractivity contribution < 1.29 is 0 Å². The highest BCUT2D eigenvalue weighted by atomic mass is 15.4. The third kappa shape index (κ3) is 1.78. The Kier molecular flexibility index (Phi) is 2.06. The Morgan fingerprint density at radius 1 is 1.47 bits per heavy atom. The van der Waals surface area contributed by atoms with Gasteiger partial charge in [-0.15, -0.1) is 5.10 Å². The number of rotatable bonds is 3. The highest BCUT2D eigenvalue weighted by molar-refractivity contribution is 5.02. The first kappa shape index (κ1) is 9.33. The predicted molar refractivity (Wildman–Crippen MR) is 57.0 cm³/mol. The van der Waals surface area contributed by atoms with Gasteiger partial charge in [-0.3, -0.25) is 4.68 Å². The lowest BCUT2D eigenvalue weighted by Crippen LogP contribution is -2.31. The lowest BCUT2D eigenvalue weighted by Gasteiger charge is -2.19. The fourth-order valence-corrected chi connectivity index (χ4v) is 3.01. The molecule has 4 heteroatoms. The molecule has 3 rings (SSSR count). The molecule has 2 aliphatic carbocycles. The number of aromatic nitrogens is 3. The van der Waals surface area contributed by atoms with Gasteiger partial charge in [0.2, 0.25) is 0 Å². The Morgan fingerprint density at radius 3 is 2.80 bits per heavy atom. The lowest BCUT2D eigenvalue weighted by atomic mass is 9.92. The van der Waals surface area contributed by atoms with Gasteiger partial charge >= 0.3 is 0 Å². The summed E-state index contributed by atoms with van der Waals surface area (Å²) in [7, 11) is 1.90. The van der Waals surface area contributed by atoms with Crippen molar-refractivity contribution in [3.8, 4) is 0 Å². The predicted octanol–water partition coefficient (Wildman–Crippen LogP) is 0.731. The molecule has 0 aliphatic heterocycles. The second-order valence-corrected chi connectivity index (χ2v) is 5.24. The van der Waals surface area contributed by atoms with Crippen LogP contribution in [0.3, 0.4) is 0 Å². The van der Waals surface area contributed by atoms with E-state index in [2.05, 4.69) is 10.3 Å². The minimum Gasteiger partial charge on any atom is -0.327 e. The summed E-state index contributed by atoms with van der Waals surface area (Å²) in [5.74, 6) is 2.77. The van der Waals surface area contributed by atoms with Crippen molar-refractivity contribution in [1.82, 2.24) is 15.0 Å². The molecule has 0 aromatic carbocycles. The van der Waals surface area contributed by atoms with Gasteiger partial charge < -0.3 is 5.73 Å². The van der Waals surface area contributed by atoms with E-state index in [1.165, 1.54) is 19.3 Å². The molecule has 2 N–H and O–H groups in total. The maximum absolute atomic E-state index is 6.23. The normalized spacial score (nSPS) is 35.2. The first-order valence-corrected chi connectivity index (χ1v) is 5.83. The number of nitrogens with zero attached hydrogens (tertiary/aromatic N) is 3. The zero-order chi connectivity index (χ0) is 10.4. The summed E-state index contributed by atoms with van der Waals surface area (Å²) in [6, 6.07) is 0.287. The van der Waals surface area contributed by atoms with Gasteiger partial charge in [0.05, 0.1) is 5.69 Å². The van der Waals surface area contributed by atoms with Gasteiger partial charge in [0.15, 0.2) is 0 Å². The summed E-state index contributed by atoms with van der Waals surface area (Å²) in [5, 5.41) is 8.02. The van der Waals surface area contributed by atoms with Gasteiger partial charge in [0.1, 0.15) is 0 Å². The highest BCUT2D eigenvalue weighted by Crippen LogP contribution is 2.55. The second kappa shape index (κ2) is 3.30. The third-order valence-electron chi connectivity index (χ3n) is 3.98. The Morgan fingerprint density at radius 2 is 2.20 bits per heavy atom. The Balaban J connectivity index is 1.58. The van der Waals surface area contributed by atoms with E-state index >= 15 is 0 Å².